The summed E-state index contributed by atoms with van der Waals surface area (Å²) in [5, 5.41) is 9.41. The van der Waals surface area contributed by atoms with Gasteiger partial charge in [0.1, 0.15) is 35.3 Å². The lowest BCUT2D eigenvalue weighted by Crippen LogP contribution is -2.63. The van der Waals surface area contributed by atoms with Gasteiger partial charge in [0.15, 0.2) is 0 Å². The van der Waals surface area contributed by atoms with Gasteiger partial charge in [-0.3, -0.25) is 4.79 Å². The van der Waals surface area contributed by atoms with Crippen molar-refractivity contribution in [3.63, 3.8) is 0 Å². The second-order valence-electron chi connectivity index (χ2n) is 11.2. The minimum Gasteiger partial charge on any atom is -0.497 e. The number of aryl methyl sites for hydroxylation is 1. The van der Waals surface area contributed by atoms with Crippen molar-refractivity contribution in [3.8, 4) is 17.2 Å². The van der Waals surface area contributed by atoms with Crippen LogP contribution in [0.25, 0.3) is 10.8 Å². The van der Waals surface area contributed by atoms with E-state index in [-0.39, 0.29) is 16.6 Å². The van der Waals surface area contributed by atoms with Crippen LogP contribution in [-0.4, -0.2) is 49.1 Å². The maximum atomic E-state index is 11.9. The van der Waals surface area contributed by atoms with Crippen molar-refractivity contribution in [2.24, 2.45) is 12.5 Å². The maximum Gasteiger partial charge on any atom is 0.253 e. The molecule has 2 aliphatic heterocycles. The number of aromatic nitrogens is 2. The van der Waals surface area contributed by atoms with Crippen molar-refractivity contribution in [1.29, 1.82) is 0 Å². The van der Waals surface area contributed by atoms with Crippen molar-refractivity contribution in [2.45, 2.75) is 31.4 Å². The van der Waals surface area contributed by atoms with E-state index < -0.39 is 0 Å². The van der Waals surface area contributed by atoms with Crippen LogP contribution in [0.4, 0.5) is 11.5 Å². The van der Waals surface area contributed by atoms with E-state index in [1.807, 2.05) is 30.5 Å². The molecule has 41 heavy (non-hydrogen) atoms. The molecule has 2 aromatic carbocycles. The number of ether oxygens (including phenoxy) is 4. The Morgan fingerprint density at radius 3 is 2.68 bits per heavy atom. The highest BCUT2D eigenvalue weighted by Gasteiger charge is 2.58. The smallest absolute Gasteiger partial charge is 0.253 e. The van der Waals surface area contributed by atoms with Crippen molar-refractivity contribution in [1.82, 2.24) is 9.55 Å². The monoisotopic (exact) mass is 556 g/mol. The lowest BCUT2D eigenvalue weighted by Gasteiger charge is -2.59. The van der Waals surface area contributed by atoms with E-state index in [1.165, 1.54) is 10.6 Å². The molecular weight excluding hydrogens is 520 g/mol. The Balaban J connectivity index is 1.11. The fourth-order valence-corrected chi connectivity index (χ4v) is 6.23. The highest BCUT2D eigenvalue weighted by Crippen LogP contribution is 2.56. The molecule has 0 unspecified atom stereocenters. The molecule has 4 heterocycles. The molecule has 0 amide bonds. The molecule has 2 bridgehead atoms. The summed E-state index contributed by atoms with van der Waals surface area (Å²) in [5.41, 5.74) is 1.90. The van der Waals surface area contributed by atoms with E-state index in [4.69, 9.17) is 18.9 Å². The Morgan fingerprint density at radius 2 is 1.88 bits per heavy atom. The molecular formula is C32H36N4O5. The lowest BCUT2D eigenvalue weighted by atomic mass is 9.56. The zero-order valence-corrected chi connectivity index (χ0v) is 23.7. The predicted molar refractivity (Wildman–Crippen MR) is 159 cm³/mol. The third-order valence-corrected chi connectivity index (χ3v) is 8.41. The fourth-order valence-electron chi connectivity index (χ4n) is 6.23. The SMILES string of the molecule is COc1ccc(CNc2nccc3c(NCC45CCOC(COc6ccn(C)c(=O)c6)(C4)C5)cccc23)c(OC)c1. The summed E-state index contributed by atoms with van der Waals surface area (Å²) in [6.07, 6.45) is 6.44. The van der Waals surface area contributed by atoms with E-state index in [9.17, 15) is 4.79 Å². The van der Waals surface area contributed by atoms with E-state index in [0.717, 1.165) is 65.1 Å². The van der Waals surface area contributed by atoms with Crippen molar-refractivity contribution >= 4 is 22.3 Å². The molecule has 2 aromatic heterocycles. The van der Waals surface area contributed by atoms with Crippen LogP contribution in [-0.2, 0) is 18.3 Å². The van der Waals surface area contributed by atoms with Gasteiger partial charge in [-0.1, -0.05) is 12.1 Å². The number of rotatable bonds is 11. The van der Waals surface area contributed by atoms with Gasteiger partial charge in [-0.15, -0.1) is 0 Å². The Bertz CT molecular complexity index is 1610. The van der Waals surface area contributed by atoms with Crippen LogP contribution in [0, 0.1) is 5.41 Å². The number of nitrogens with zero attached hydrogens (tertiary/aromatic N) is 2. The van der Waals surface area contributed by atoms with Gasteiger partial charge in [-0.05, 0) is 55.0 Å². The summed E-state index contributed by atoms with van der Waals surface area (Å²) in [6, 6.07) is 17.5. The van der Waals surface area contributed by atoms with Gasteiger partial charge in [-0.2, -0.15) is 0 Å². The summed E-state index contributed by atoms with van der Waals surface area (Å²) < 4.78 is 24.6. The molecule has 3 aliphatic rings. The molecule has 3 fully saturated rings. The molecule has 9 nitrogen and oxygen atoms in total. The number of pyridine rings is 2. The number of methoxy groups -OCH3 is 2. The van der Waals surface area contributed by atoms with Crippen LogP contribution in [0.5, 0.6) is 17.2 Å². The van der Waals surface area contributed by atoms with Gasteiger partial charge in [0.05, 0.1) is 14.2 Å². The number of hydrogen-bond acceptors (Lipinski definition) is 8. The molecule has 0 spiro atoms. The third-order valence-electron chi connectivity index (χ3n) is 8.41. The average Bonchev–Trinajstić information content (AvgIpc) is 2.99. The predicted octanol–water partition coefficient (Wildman–Crippen LogP) is 4.99. The number of fused-ring (bicyclic) bond motifs is 3. The highest BCUT2D eigenvalue weighted by molar-refractivity contribution is 5.99. The molecule has 0 atom stereocenters. The van der Waals surface area contributed by atoms with Crippen LogP contribution in [0.3, 0.4) is 0 Å². The quantitative estimate of drug-likeness (QED) is 0.267. The summed E-state index contributed by atoms with van der Waals surface area (Å²) in [6.45, 7) is 2.60. The molecule has 1 aliphatic carbocycles. The average molecular weight is 557 g/mol. The minimum atomic E-state index is -0.288. The molecule has 0 radical (unpaired) electrons. The maximum absolute atomic E-state index is 11.9. The fraction of sp³-hybridized carbons (Fsp3) is 0.375. The van der Waals surface area contributed by atoms with Gasteiger partial charge >= 0.3 is 0 Å². The first-order valence-corrected chi connectivity index (χ1v) is 13.9. The molecule has 2 N–H and O–H groups in total. The van der Waals surface area contributed by atoms with Crippen LogP contribution in [0.1, 0.15) is 24.8 Å². The van der Waals surface area contributed by atoms with Gasteiger partial charge in [-0.25, -0.2) is 4.98 Å². The Labute approximate surface area is 239 Å². The van der Waals surface area contributed by atoms with Crippen LogP contribution < -0.4 is 30.4 Å². The second kappa shape index (κ2) is 11.0. The van der Waals surface area contributed by atoms with E-state index in [1.54, 1.807) is 27.5 Å². The zero-order valence-electron chi connectivity index (χ0n) is 23.7. The molecule has 2 saturated heterocycles. The second-order valence-corrected chi connectivity index (χ2v) is 11.2. The molecule has 9 heteroatoms. The van der Waals surface area contributed by atoms with E-state index in [0.29, 0.717) is 25.5 Å². The molecule has 1 saturated carbocycles. The van der Waals surface area contributed by atoms with E-state index in [2.05, 4.69) is 39.9 Å². The molecule has 4 aromatic rings. The number of anilines is 2. The number of benzene rings is 2. The first-order chi connectivity index (χ1) is 19.9. The topological polar surface area (TPSA) is 95.9 Å². The highest BCUT2D eigenvalue weighted by atomic mass is 16.5. The Morgan fingerprint density at radius 1 is 1.00 bits per heavy atom. The molecule has 7 rings (SSSR count). The number of nitrogens with one attached hydrogen (secondary N) is 2. The first kappa shape index (κ1) is 27.0. The van der Waals surface area contributed by atoms with Crippen LogP contribution >= 0.6 is 0 Å². The van der Waals surface area contributed by atoms with Crippen molar-refractivity contribution in [2.75, 3.05) is 44.6 Å². The minimum absolute atomic E-state index is 0.0826. The normalized spacial score (nSPS) is 21.1. The van der Waals surface area contributed by atoms with Crippen molar-refractivity contribution in [3.05, 3.63) is 82.9 Å². The Hall–Kier alpha value is -4.24. The lowest BCUT2D eigenvalue weighted by molar-refractivity contribution is -0.231. The summed E-state index contributed by atoms with van der Waals surface area (Å²) >= 11 is 0. The third kappa shape index (κ3) is 5.41. The van der Waals surface area contributed by atoms with Gasteiger partial charge in [0.25, 0.3) is 5.56 Å². The summed E-state index contributed by atoms with van der Waals surface area (Å²) in [5.74, 6) is 2.94. The largest absolute Gasteiger partial charge is 0.497 e. The summed E-state index contributed by atoms with van der Waals surface area (Å²) in [7, 11) is 5.04. The standard InChI is InChI=1S/C32H36N4O5/c1-36-13-10-24(16-29(36)37)40-21-32-18-31(19-32,11-14-41-32)20-35-27-6-4-5-26-25(27)9-12-33-30(26)34-17-22-7-8-23(38-2)15-28(22)39-3/h4-10,12-13,15-16,35H,11,14,17-21H2,1-3H3,(H,33,34). The number of hydrogen-bond donors (Lipinski definition) is 2. The summed E-state index contributed by atoms with van der Waals surface area (Å²) in [4.78, 5) is 16.6. The van der Waals surface area contributed by atoms with Gasteiger partial charge in [0.2, 0.25) is 0 Å². The zero-order chi connectivity index (χ0) is 28.5. The van der Waals surface area contributed by atoms with Crippen LogP contribution in [0.2, 0.25) is 0 Å². The van der Waals surface area contributed by atoms with Crippen molar-refractivity contribution < 1.29 is 18.9 Å². The first-order valence-electron chi connectivity index (χ1n) is 13.9. The van der Waals surface area contributed by atoms with Gasteiger partial charge in [0, 0.05) is 73.3 Å². The Kier molecular flexibility index (Phi) is 7.21. The van der Waals surface area contributed by atoms with E-state index >= 15 is 0 Å². The van der Waals surface area contributed by atoms with Crippen LogP contribution in [0.15, 0.2) is 71.8 Å². The van der Waals surface area contributed by atoms with Gasteiger partial charge < -0.3 is 34.1 Å². The molecule has 214 valence electrons.